The van der Waals surface area contributed by atoms with Gasteiger partial charge in [0.2, 0.25) is 0 Å². The molecule has 1 aliphatic heterocycles. The third kappa shape index (κ3) is 3.52. The molecule has 110 valence electrons. The van der Waals surface area contributed by atoms with Gasteiger partial charge in [0.25, 0.3) is 5.91 Å². The normalized spacial score (nSPS) is 18.4. The lowest BCUT2D eigenvalue weighted by Crippen LogP contribution is -2.46. The maximum absolute atomic E-state index is 12.4. The number of aromatic nitrogens is 1. The summed E-state index contributed by atoms with van der Waals surface area (Å²) in [6.07, 6.45) is 4.13. The molecule has 0 unspecified atom stereocenters. The highest BCUT2D eigenvalue weighted by atomic mass is 16.2. The predicted molar refractivity (Wildman–Crippen MR) is 83.3 cm³/mol. The molecule has 2 N–H and O–H groups in total. The molecule has 0 bridgehead atoms. The summed E-state index contributed by atoms with van der Waals surface area (Å²) in [5.74, 6) is 0.0182. The van der Waals surface area contributed by atoms with Gasteiger partial charge in [0, 0.05) is 25.3 Å². The van der Waals surface area contributed by atoms with Gasteiger partial charge >= 0.3 is 0 Å². The number of nitrogens with zero attached hydrogens (tertiary/aromatic N) is 1. The fourth-order valence-electron chi connectivity index (χ4n) is 2.77. The standard InChI is InChI=1S/C17H21N3O/c21-17(19-15-8-4-10-18-12-15)16-9-5-11-20(16)13-14-6-2-1-3-7-14/h1-3,5-7,9,11,15,18H,4,8,10,12-13H2,(H,19,21)/t15-/m1/s1. The first-order valence-corrected chi connectivity index (χ1v) is 7.53. The first kappa shape index (κ1) is 13.9. The molecule has 0 spiro atoms. The van der Waals surface area contributed by atoms with E-state index in [1.54, 1.807) is 0 Å². The van der Waals surface area contributed by atoms with Crippen LogP contribution >= 0.6 is 0 Å². The fraction of sp³-hybridized carbons (Fsp3) is 0.353. The van der Waals surface area contributed by atoms with Crippen LogP contribution in [-0.2, 0) is 6.54 Å². The molecule has 2 heterocycles. The van der Waals surface area contributed by atoms with E-state index in [0.29, 0.717) is 0 Å². The number of hydrogen-bond donors (Lipinski definition) is 2. The van der Waals surface area contributed by atoms with Crippen molar-refractivity contribution in [2.75, 3.05) is 13.1 Å². The second-order valence-electron chi connectivity index (χ2n) is 5.52. The van der Waals surface area contributed by atoms with Crippen LogP contribution in [0, 0.1) is 0 Å². The molecule has 1 aromatic carbocycles. The Morgan fingerprint density at radius 2 is 2.10 bits per heavy atom. The van der Waals surface area contributed by atoms with Crippen LogP contribution in [0.2, 0.25) is 0 Å². The Balaban J connectivity index is 1.68. The summed E-state index contributed by atoms with van der Waals surface area (Å²) in [7, 11) is 0. The molecule has 0 radical (unpaired) electrons. The summed E-state index contributed by atoms with van der Waals surface area (Å²) >= 11 is 0. The van der Waals surface area contributed by atoms with Crippen molar-refractivity contribution in [2.24, 2.45) is 0 Å². The molecule has 2 aromatic rings. The van der Waals surface area contributed by atoms with E-state index in [1.807, 2.05) is 41.1 Å². The monoisotopic (exact) mass is 283 g/mol. The summed E-state index contributed by atoms with van der Waals surface area (Å²) in [5, 5.41) is 6.44. The number of hydrogen-bond acceptors (Lipinski definition) is 2. The van der Waals surface area contributed by atoms with Crippen LogP contribution < -0.4 is 10.6 Å². The van der Waals surface area contributed by atoms with E-state index in [0.717, 1.165) is 38.2 Å². The Morgan fingerprint density at radius 3 is 2.86 bits per heavy atom. The van der Waals surface area contributed by atoms with Crippen molar-refractivity contribution in [2.45, 2.75) is 25.4 Å². The van der Waals surface area contributed by atoms with Crippen molar-refractivity contribution in [3.05, 3.63) is 59.9 Å². The molecule has 1 amide bonds. The zero-order valence-electron chi connectivity index (χ0n) is 12.1. The quantitative estimate of drug-likeness (QED) is 0.902. The van der Waals surface area contributed by atoms with Gasteiger partial charge in [-0.3, -0.25) is 4.79 Å². The molecule has 0 saturated carbocycles. The van der Waals surface area contributed by atoms with Crippen molar-refractivity contribution in [1.82, 2.24) is 15.2 Å². The minimum Gasteiger partial charge on any atom is -0.347 e. The van der Waals surface area contributed by atoms with Gasteiger partial charge in [0.05, 0.1) is 0 Å². The molecule has 0 aliphatic carbocycles. The molecule has 4 nitrogen and oxygen atoms in total. The number of carbonyl (C=O) groups is 1. The maximum atomic E-state index is 12.4. The van der Waals surface area contributed by atoms with E-state index in [2.05, 4.69) is 22.8 Å². The lowest BCUT2D eigenvalue weighted by molar-refractivity contribution is 0.0921. The van der Waals surface area contributed by atoms with Gasteiger partial charge in [-0.05, 0) is 37.1 Å². The van der Waals surface area contributed by atoms with Crippen LogP contribution in [0.25, 0.3) is 0 Å². The topological polar surface area (TPSA) is 46.1 Å². The van der Waals surface area contributed by atoms with Crippen LogP contribution in [0.15, 0.2) is 48.7 Å². The molecule has 21 heavy (non-hydrogen) atoms. The molecule has 1 atom stereocenters. The Morgan fingerprint density at radius 1 is 1.24 bits per heavy atom. The summed E-state index contributed by atoms with van der Waals surface area (Å²) in [4.78, 5) is 12.4. The second kappa shape index (κ2) is 6.59. The highest BCUT2D eigenvalue weighted by molar-refractivity contribution is 5.93. The first-order valence-electron chi connectivity index (χ1n) is 7.53. The van der Waals surface area contributed by atoms with Gasteiger partial charge in [-0.2, -0.15) is 0 Å². The molecular weight excluding hydrogens is 262 g/mol. The highest BCUT2D eigenvalue weighted by Gasteiger charge is 2.18. The molecule has 1 aliphatic rings. The van der Waals surface area contributed by atoms with Crippen LogP contribution in [0.5, 0.6) is 0 Å². The SMILES string of the molecule is O=C(N[C@@H]1CCCNC1)c1cccn1Cc1ccccc1. The lowest BCUT2D eigenvalue weighted by Gasteiger charge is -2.24. The number of piperidine rings is 1. The van der Waals surface area contributed by atoms with Gasteiger partial charge in [-0.15, -0.1) is 0 Å². The molecule has 1 saturated heterocycles. The molecular formula is C17H21N3O. The maximum Gasteiger partial charge on any atom is 0.268 e. The Kier molecular flexibility index (Phi) is 4.36. The summed E-state index contributed by atoms with van der Waals surface area (Å²) in [6, 6.07) is 14.2. The molecule has 4 heteroatoms. The smallest absolute Gasteiger partial charge is 0.268 e. The van der Waals surface area contributed by atoms with Gasteiger partial charge in [0.1, 0.15) is 5.69 Å². The zero-order chi connectivity index (χ0) is 14.5. The summed E-state index contributed by atoms with van der Waals surface area (Å²) < 4.78 is 2.00. The Labute approximate surface area is 125 Å². The van der Waals surface area contributed by atoms with Gasteiger partial charge in [0.15, 0.2) is 0 Å². The van der Waals surface area contributed by atoms with Gasteiger partial charge < -0.3 is 15.2 Å². The van der Waals surface area contributed by atoms with Crippen molar-refractivity contribution in [3.8, 4) is 0 Å². The minimum atomic E-state index is 0.0182. The van der Waals surface area contributed by atoms with E-state index >= 15 is 0 Å². The number of nitrogens with one attached hydrogen (secondary N) is 2. The van der Waals surface area contributed by atoms with Crippen LogP contribution in [0.1, 0.15) is 28.9 Å². The lowest BCUT2D eigenvalue weighted by atomic mass is 10.1. The molecule has 1 fully saturated rings. The average Bonchev–Trinajstić information content (AvgIpc) is 2.97. The predicted octanol–water partition coefficient (Wildman–Crippen LogP) is 2.02. The number of benzene rings is 1. The number of amides is 1. The van der Waals surface area contributed by atoms with E-state index in [4.69, 9.17) is 0 Å². The summed E-state index contributed by atoms with van der Waals surface area (Å²) in [5.41, 5.74) is 1.92. The Bertz CT molecular complexity index is 585. The third-order valence-corrected chi connectivity index (χ3v) is 3.89. The van der Waals surface area contributed by atoms with Crippen LogP contribution in [-0.4, -0.2) is 29.6 Å². The minimum absolute atomic E-state index is 0.0182. The van der Waals surface area contributed by atoms with Crippen molar-refractivity contribution in [3.63, 3.8) is 0 Å². The number of rotatable bonds is 4. The largest absolute Gasteiger partial charge is 0.347 e. The van der Waals surface area contributed by atoms with E-state index in [9.17, 15) is 4.79 Å². The molecule has 3 rings (SSSR count). The zero-order valence-corrected chi connectivity index (χ0v) is 12.1. The Hall–Kier alpha value is -2.07. The second-order valence-corrected chi connectivity index (χ2v) is 5.52. The number of carbonyl (C=O) groups excluding carboxylic acids is 1. The van der Waals surface area contributed by atoms with Crippen molar-refractivity contribution >= 4 is 5.91 Å². The van der Waals surface area contributed by atoms with Crippen molar-refractivity contribution < 1.29 is 4.79 Å². The molecule has 1 aromatic heterocycles. The fourth-order valence-corrected chi connectivity index (χ4v) is 2.77. The van der Waals surface area contributed by atoms with Crippen LogP contribution in [0.4, 0.5) is 0 Å². The first-order chi connectivity index (χ1) is 10.3. The van der Waals surface area contributed by atoms with Crippen molar-refractivity contribution in [1.29, 1.82) is 0 Å². The van der Waals surface area contributed by atoms with E-state index in [-0.39, 0.29) is 11.9 Å². The van der Waals surface area contributed by atoms with Gasteiger partial charge in [-0.25, -0.2) is 0 Å². The van der Waals surface area contributed by atoms with Crippen LogP contribution in [0.3, 0.4) is 0 Å². The third-order valence-electron chi connectivity index (χ3n) is 3.89. The average molecular weight is 283 g/mol. The summed E-state index contributed by atoms with van der Waals surface area (Å²) in [6.45, 7) is 2.64. The highest BCUT2D eigenvalue weighted by Crippen LogP contribution is 2.09. The van der Waals surface area contributed by atoms with E-state index in [1.165, 1.54) is 5.56 Å². The van der Waals surface area contributed by atoms with E-state index < -0.39 is 0 Å². The van der Waals surface area contributed by atoms with Gasteiger partial charge in [-0.1, -0.05) is 30.3 Å².